The lowest BCUT2D eigenvalue weighted by atomic mass is 9.99. The van der Waals surface area contributed by atoms with Gasteiger partial charge in [-0.05, 0) is 61.9 Å². The van der Waals surface area contributed by atoms with Gasteiger partial charge in [-0.15, -0.1) is 0 Å². The largest absolute Gasteiger partial charge is 0.482 e. The maximum atomic E-state index is 12.3. The van der Waals surface area contributed by atoms with Crippen molar-refractivity contribution in [2.24, 2.45) is 0 Å². The molecule has 0 fully saturated rings. The van der Waals surface area contributed by atoms with Crippen LogP contribution in [0.4, 0.5) is 5.69 Å². The van der Waals surface area contributed by atoms with Gasteiger partial charge in [0, 0.05) is 16.8 Å². The van der Waals surface area contributed by atoms with Gasteiger partial charge >= 0.3 is 5.97 Å². The topological polar surface area (TPSA) is 98.8 Å². The highest BCUT2D eigenvalue weighted by Gasteiger charge is 2.27. The molecule has 0 aromatic heterocycles. The molecule has 144 valence electrons. The molecule has 2 aromatic carbocycles. The van der Waals surface area contributed by atoms with Crippen LogP contribution < -0.4 is 10.1 Å². The van der Waals surface area contributed by atoms with Crippen molar-refractivity contribution >= 4 is 29.1 Å². The second-order valence-corrected chi connectivity index (χ2v) is 6.47. The fourth-order valence-electron chi connectivity index (χ4n) is 2.79. The van der Waals surface area contributed by atoms with Crippen LogP contribution in [0.25, 0.3) is 0 Å². The molecule has 0 spiro atoms. The number of amides is 1. The first kappa shape index (κ1) is 19.3. The molecule has 28 heavy (non-hydrogen) atoms. The molecule has 0 radical (unpaired) electrons. The number of carbonyl (C=O) groups is 4. The van der Waals surface area contributed by atoms with Crippen LogP contribution in [0.3, 0.4) is 0 Å². The summed E-state index contributed by atoms with van der Waals surface area (Å²) in [5.41, 5.74) is 2.35. The number of rotatable bonds is 7. The Bertz CT molecular complexity index is 948. The van der Waals surface area contributed by atoms with Gasteiger partial charge in [-0.1, -0.05) is 0 Å². The number of hydrogen-bond acceptors (Lipinski definition) is 6. The molecule has 3 rings (SSSR count). The van der Waals surface area contributed by atoms with Crippen LogP contribution in [0.15, 0.2) is 42.5 Å². The Labute approximate surface area is 161 Å². The van der Waals surface area contributed by atoms with Crippen molar-refractivity contribution in [3.8, 4) is 5.75 Å². The minimum atomic E-state index is -0.685. The molecule has 7 heteroatoms. The van der Waals surface area contributed by atoms with E-state index in [1.807, 2.05) is 0 Å². The Morgan fingerprint density at radius 2 is 1.68 bits per heavy atom. The van der Waals surface area contributed by atoms with Gasteiger partial charge in [0.05, 0.1) is 5.92 Å². The predicted octanol–water partition coefficient (Wildman–Crippen LogP) is 2.75. The highest BCUT2D eigenvalue weighted by molar-refractivity contribution is 6.05. The summed E-state index contributed by atoms with van der Waals surface area (Å²) in [7, 11) is 0. The van der Waals surface area contributed by atoms with Crippen LogP contribution >= 0.6 is 0 Å². The average molecular weight is 381 g/mol. The lowest BCUT2D eigenvalue weighted by Gasteiger charge is -2.08. The summed E-state index contributed by atoms with van der Waals surface area (Å²) in [6.45, 7) is 2.45. The zero-order valence-electron chi connectivity index (χ0n) is 15.5. The Hall–Kier alpha value is -3.48. The smallest absolute Gasteiger partial charge is 0.344 e. The minimum Gasteiger partial charge on any atom is -0.482 e. The summed E-state index contributed by atoms with van der Waals surface area (Å²) >= 11 is 0. The predicted molar refractivity (Wildman–Crippen MR) is 101 cm³/mol. The minimum absolute atomic E-state index is 0.0643. The lowest BCUT2D eigenvalue weighted by molar-refractivity contribution is -0.144. The van der Waals surface area contributed by atoms with E-state index in [4.69, 9.17) is 9.47 Å². The van der Waals surface area contributed by atoms with Crippen LogP contribution in [0, 0.1) is 0 Å². The fourth-order valence-corrected chi connectivity index (χ4v) is 2.79. The van der Waals surface area contributed by atoms with Gasteiger partial charge in [0.15, 0.2) is 24.8 Å². The number of Topliss-reactive ketones (excluding diaryl/α,β-unsaturated/α-hetero) is 2. The summed E-state index contributed by atoms with van der Waals surface area (Å²) in [4.78, 5) is 46.9. The molecule has 0 bridgehead atoms. The maximum Gasteiger partial charge on any atom is 0.344 e. The van der Waals surface area contributed by atoms with Crippen LogP contribution in [0.5, 0.6) is 5.75 Å². The molecule has 1 N–H and O–H groups in total. The van der Waals surface area contributed by atoms with Crippen molar-refractivity contribution < 1.29 is 28.7 Å². The van der Waals surface area contributed by atoms with Crippen LogP contribution in [-0.4, -0.2) is 36.7 Å². The molecule has 7 nitrogen and oxygen atoms in total. The number of fused-ring (bicyclic) bond motifs is 1. The van der Waals surface area contributed by atoms with Gasteiger partial charge in [0.25, 0.3) is 0 Å². The Balaban J connectivity index is 1.50. The number of nitrogens with one attached hydrogen (secondary N) is 1. The maximum absolute atomic E-state index is 12.3. The normalized spacial score (nSPS) is 14.8. The van der Waals surface area contributed by atoms with Crippen LogP contribution in [-0.2, 0) is 14.3 Å². The Morgan fingerprint density at radius 1 is 1.00 bits per heavy atom. The van der Waals surface area contributed by atoms with Gasteiger partial charge in [-0.25, -0.2) is 4.79 Å². The van der Waals surface area contributed by atoms with E-state index in [0.717, 1.165) is 5.56 Å². The molecule has 1 aliphatic heterocycles. The molecule has 1 atom stereocenters. The first-order chi connectivity index (χ1) is 13.3. The number of ketones is 2. The van der Waals surface area contributed by atoms with E-state index in [-0.39, 0.29) is 30.0 Å². The van der Waals surface area contributed by atoms with Gasteiger partial charge in [0.1, 0.15) is 5.75 Å². The summed E-state index contributed by atoms with van der Waals surface area (Å²) in [5.74, 6) is -1.14. The van der Waals surface area contributed by atoms with E-state index >= 15 is 0 Å². The summed E-state index contributed by atoms with van der Waals surface area (Å²) in [6.07, 6.45) is 0. The zero-order chi connectivity index (χ0) is 20.3. The molecule has 0 saturated heterocycles. The summed E-state index contributed by atoms with van der Waals surface area (Å²) < 4.78 is 10.2. The highest BCUT2D eigenvalue weighted by Crippen LogP contribution is 2.32. The third-order valence-electron chi connectivity index (χ3n) is 4.47. The van der Waals surface area contributed by atoms with Crippen molar-refractivity contribution in [1.82, 2.24) is 0 Å². The summed E-state index contributed by atoms with van der Waals surface area (Å²) in [5, 5.41) is 2.73. The highest BCUT2D eigenvalue weighted by atomic mass is 16.6. The van der Waals surface area contributed by atoms with Gasteiger partial charge < -0.3 is 14.8 Å². The average Bonchev–Trinajstić information content (AvgIpc) is 2.98. The van der Waals surface area contributed by atoms with Crippen molar-refractivity contribution in [3.63, 3.8) is 0 Å². The van der Waals surface area contributed by atoms with E-state index in [0.29, 0.717) is 22.6 Å². The number of esters is 1. The molecule has 1 aliphatic rings. The van der Waals surface area contributed by atoms with E-state index in [1.54, 1.807) is 49.4 Å². The van der Waals surface area contributed by atoms with Crippen LogP contribution in [0.1, 0.15) is 46.0 Å². The lowest BCUT2D eigenvalue weighted by Crippen LogP contribution is -2.19. The summed E-state index contributed by atoms with van der Waals surface area (Å²) in [6, 6.07) is 11.2. The third-order valence-corrected chi connectivity index (χ3v) is 4.47. The van der Waals surface area contributed by atoms with Crippen molar-refractivity contribution in [3.05, 3.63) is 59.2 Å². The molecular formula is C21H19NO6. The number of ether oxygens (including phenoxy) is 2. The quantitative estimate of drug-likeness (QED) is 0.585. The zero-order valence-corrected chi connectivity index (χ0v) is 15.5. The van der Waals surface area contributed by atoms with Gasteiger partial charge in [0.2, 0.25) is 5.91 Å². The molecule has 1 heterocycles. The second kappa shape index (κ2) is 8.04. The number of benzene rings is 2. The first-order valence-corrected chi connectivity index (χ1v) is 8.72. The van der Waals surface area contributed by atoms with Gasteiger partial charge in [-0.2, -0.15) is 0 Å². The number of anilines is 1. The second-order valence-electron chi connectivity index (χ2n) is 6.47. The molecule has 0 aliphatic carbocycles. The van der Waals surface area contributed by atoms with Gasteiger partial charge in [-0.3, -0.25) is 14.4 Å². The fraction of sp³-hybridized carbons (Fsp3) is 0.238. The van der Waals surface area contributed by atoms with E-state index in [1.165, 1.54) is 6.92 Å². The number of hydrogen-bond donors (Lipinski definition) is 1. The standard InChI is InChI=1S/C21H19NO6/c1-12-17-9-15(5-8-18(17)22-21(12)26)19(24)10-28-20(25)11-27-16-6-3-14(4-7-16)13(2)23/h3-9,12H,10-11H2,1-2H3,(H,22,26)/t12-/m1/s1. The first-order valence-electron chi connectivity index (χ1n) is 8.72. The SMILES string of the molecule is CC(=O)c1ccc(OCC(=O)OCC(=O)c2ccc3c(c2)[C@@H](C)C(=O)N3)cc1. The Morgan fingerprint density at radius 3 is 2.36 bits per heavy atom. The third kappa shape index (κ3) is 4.25. The molecular weight excluding hydrogens is 362 g/mol. The molecule has 1 amide bonds. The number of carbonyl (C=O) groups excluding carboxylic acids is 4. The van der Waals surface area contributed by atoms with E-state index in [2.05, 4.69) is 5.32 Å². The van der Waals surface area contributed by atoms with E-state index in [9.17, 15) is 19.2 Å². The molecule has 2 aromatic rings. The monoisotopic (exact) mass is 381 g/mol. The Kier molecular flexibility index (Phi) is 5.54. The van der Waals surface area contributed by atoms with Crippen molar-refractivity contribution in [2.75, 3.05) is 18.5 Å². The van der Waals surface area contributed by atoms with E-state index < -0.39 is 12.6 Å². The van der Waals surface area contributed by atoms with Crippen molar-refractivity contribution in [1.29, 1.82) is 0 Å². The molecule has 0 saturated carbocycles. The van der Waals surface area contributed by atoms with Crippen LogP contribution in [0.2, 0.25) is 0 Å². The van der Waals surface area contributed by atoms with Crippen molar-refractivity contribution in [2.45, 2.75) is 19.8 Å². The molecule has 0 unspecified atom stereocenters.